The molecule has 4 aromatic rings. The summed E-state index contributed by atoms with van der Waals surface area (Å²) in [6, 6.07) is 7.26. The molecule has 142 valence electrons. The molecule has 28 heavy (non-hydrogen) atoms. The first-order valence-electron chi connectivity index (χ1n) is 8.56. The number of hydrogen-bond donors (Lipinski definition) is 0. The van der Waals surface area contributed by atoms with Gasteiger partial charge in [0.25, 0.3) is 0 Å². The standard InChI is InChI=1S/C19H16N4O4S/c1-4-25-19(24)15-10(2)14-17(20-9-21-18(14)28-15)26-13-7-5-12(6-8-13)16-22-11(3)27-23-16/h5-9H,4H2,1-3H3. The third kappa shape index (κ3) is 3.31. The fraction of sp³-hybridized carbons (Fsp3) is 0.211. The number of carbonyl (C=O) groups is 1. The Labute approximate surface area is 164 Å². The van der Waals surface area contributed by atoms with E-state index < -0.39 is 0 Å². The van der Waals surface area contributed by atoms with E-state index in [1.165, 1.54) is 17.7 Å². The summed E-state index contributed by atoms with van der Waals surface area (Å²) in [4.78, 5) is 26.0. The summed E-state index contributed by atoms with van der Waals surface area (Å²) in [5, 5.41) is 4.60. The van der Waals surface area contributed by atoms with Gasteiger partial charge in [-0.1, -0.05) is 5.16 Å². The van der Waals surface area contributed by atoms with Crippen molar-refractivity contribution in [3.8, 4) is 23.0 Å². The Hall–Kier alpha value is -3.33. The highest BCUT2D eigenvalue weighted by molar-refractivity contribution is 7.20. The molecule has 4 rings (SSSR count). The van der Waals surface area contributed by atoms with Crippen LogP contribution in [0.15, 0.2) is 35.1 Å². The minimum atomic E-state index is -0.367. The molecule has 8 nitrogen and oxygen atoms in total. The lowest BCUT2D eigenvalue weighted by atomic mass is 10.2. The number of fused-ring (bicyclic) bond motifs is 1. The minimum Gasteiger partial charge on any atom is -0.462 e. The lowest BCUT2D eigenvalue weighted by molar-refractivity contribution is 0.0531. The highest BCUT2D eigenvalue weighted by Gasteiger charge is 2.21. The van der Waals surface area contributed by atoms with Crippen molar-refractivity contribution in [1.29, 1.82) is 0 Å². The topological polar surface area (TPSA) is 100 Å². The maximum atomic E-state index is 12.2. The summed E-state index contributed by atoms with van der Waals surface area (Å²) in [5.74, 6) is 1.63. The summed E-state index contributed by atoms with van der Waals surface area (Å²) in [6.45, 7) is 5.66. The van der Waals surface area contributed by atoms with Crippen molar-refractivity contribution in [3.63, 3.8) is 0 Å². The van der Waals surface area contributed by atoms with Gasteiger partial charge in [-0.3, -0.25) is 0 Å². The van der Waals surface area contributed by atoms with Crippen molar-refractivity contribution in [2.45, 2.75) is 20.8 Å². The molecule has 0 aliphatic carbocycles. The Morgan fingerprint density at radius 3 is 2.64 bits per heavy atom. The van der Waals surface area contributed by atoms with Crippen LogP contribution in [0.4, 0.5) is 0 Å². The van der Waals surface area contributed by atoms with Gasteiger partial charge >= 0.3 is 5.97 Å². The molecule has 0 atom stereocenters. The molecule has 0 fully saturated rings. The number of nitrogens with zero attached hydrogens (tertiary/aromatic N) is 4. The molecule has 0 aliphatic heterocycles. The largest absolute Gasteiger partial charge is 0.462 e. The first-order valence-corrected chi connectivity index (χ1v) is 9.38. The van der Waals surface area contributed by atoms with Crippen LogP contribution in [0.3, 0.4) is 0 Å². The second-order valence-corrected chi connectivity index (χ2v) is 6.90. The van der Waals surface area contributed by atoms with Crippen molar-refractivity contribution < 1.29 is 18.8 Å². The Morgan fingerprint density at radius 2 is 1.96 bits per heavy atom. The number of carbonyl (C=O) groups excluding carboxylic acids is 1. The molecule has 1 aromatic carbocycles. The van der Waals surface area contributed by atoms with Crippen molar-refractivity contribution in [2.75, 3.05) is 6.61 Å². The van der Waals surface area contributed by atoms with E-state index in [1.54, 1.807) is 26.0 Å². The van der Waals surface area contributed by atoms with E-state index >= 15 is 0 Å². The molecule has 3 aromatic heterocycles. The first-order chi connectivity index (χ1) is 13.6. The van der Waals surface area contributed by atoms with E-state index in [1.807, 2.05) is 19.1 Å². The molecule has 0 saturated carbocycles. The molecule has 0 aliphatic rings. The molecule has 0 saturated heterocycles. The first kappa shape index (κ1) is 18.1. The molecule has 9 heteroatoms. The summed E-state index contributed by atoms with van der Waals surface area (Å²) in [6.07, 6.45) is 1.42. The van der Waals surface area contributed by atoms with Crippen LogP contribution in [0, 0.1) is 13.8 Å². The van der Waals surface area contributed by atoms with Crippen molar-refractivity contribution in [2.24, 2.45) is 0 Å². The zero-order chi connectivity index (χ0) is 19.7. The number of aryl methyl sites for hydroxylation is 2. The Balaban J connectivity index is 1.65. The highest BCUT2D eigenvalue weighted by Crippen LogP contribution is 2.36. The predicted molar refractivity (Wildman–Crippen MR) is 103 cm³/mol. The van der Waals surface area contributed by atoms with E-state index in [0.29, 0.717) is 45.0 Å². The Bertz CT molecular complexity index is 1150. The van der Waals surface area contributed by atoms with Crippen LogP contribution in [-0.2, 0) is 4.74 Å². The SMILES string of the molecule is CCOC(=O)c1sc2ncnc(Oc3ccc(-c4noc(C)n4)cc3)c2c1C. The number of aromatic nitrogens is 4. The number of thiophene rings is 1. The molecule has 0 amide bonds. The third-order valence-electron chi connectivity index (χ3n) is 4.01. The molecule has 0 radical (unpaired) electrons. The number of esters is 1. The summed E-state index contributed by atoms with van der Waals surface area (Å²) in [5.41, 5.74) is 1.56. The molecule has 3 heterocycles. The smallest absolute Gasteiger partial charge is 0.348 e. The van der Waals surface area contributed by atoms with Crippen LogP contribution < -0.4 is 4.74 Å². The quantitative estimate of drug-likeness (QED) is 0.460. The van der Waals surface area contributed by atoms with Crippen LogP contribution in [0.1, 0.15) is 28.0 Å². The van der Waals surface area contributed by atoms with Crippen molar-refractivity contribution in [3.05, 3.63) is 46.9 Å². The number of hydrogen-bond acceptors (Lipinski definition) is 9. The number of benzene rings is 1. The molecule has 0 spiro atoms. The van der Waals surface area contributed by atoms with Gasteiger partial charge < -0.3 is 14.0 Å². The Morgan fingerprint density at radius 1 is 1.18 bits per heavy atom. The lowest BCUT2D eigenvalue weighted by Gasteiger charge is -2.07. The molecule has 0 bridgehead atoms. The maximum Gasteiger partial charge on any atom is 0.348 e. The van der Waals surface area contributed by atoms with Gasteiger partial charge in [0.05, 0.1) is 12.0 Å². The number of rotatable bonds is 5. The van der Waals surface area contributed by atoms with Gasteiger partial charge in [-0.2, -0.15) is 4.98 Å². The summed E-state index contributed by atoms with van der Waals surface area (Å²) < 4.78 is 16.1. The highest BCUT2D eigenvalue weighted by atomic mass is 32.1. The van der Waals surface area contributed by atoms with Gasteiger partial charge in [0.15, 0.2) is 0 Å². The van der Waals surface area contributed by atoms with Crippen LogP contribution in [0.5, 0.6) is 11.6 Å². The van der Waals surface area contributed by atoms with E-state index in [4.69, 9.17) is 14.0 Å². The Kier molecular flexibility index (Phi) is 4.74. The van der Waals surface area contributed by atoms with E-state index in [9.17, 15) is 4.79 Å². The van der Waals surface area contributed by atoms with Gasteiger partial charge in [-0.15, -0.1) is 11.3 Å². The van der Waals surface area contributed by atoms with Crippen LogP contribution in [-0.4, -0.2) is 32.7 Å². The van der Waals surface area contributed by atoms with Crippen LogP contribution in [0.25, 0.3) is 21.6 Å². The van der Waals surface area contributed by atoms with Gasteiger partial charge in [-0.25, -0.2) is 14.8 Å². The van der Waals surface area contributed by atoms with Crippen LogP contribution in [0.2, 0.25) is 0 Å². The lowest BCUT2D eigenvalue weighted by Crippen LogP contribution is -2.03. The molecule has 0 N–H and O–H groups in total. The van der Waals surface area contributed by atoms with Gasteiger partial charge in [0.2, 0.25) is 17.6 Å². The summed E-state index contributed by atoms with van der Waals surface area (Å²) in [7, 11) is 0. The average molecular weight is 396 g/mol. The predicted octanol–water partition coefficient (Wildman–Crippen LogP) is 4.33. The fourth-order valence-electron chi connectivity index (χ4n) is 2.71. The molecular weight excluding hydrogens is 380 g/mol. The van der Waals surface area contributed by atoms with Gasteiger partial charge in [-0.05, 0) is 43.7 Å². The van der Waals surface area contributed by atoms with Gasteiger partial charge in [0.1, 0.15) is 21.8 Å². The van der Waals surface area contributed by atoms with Gasteiger partial charge in [0, 0.05) is 12.5 Å². The van der Waals surface area contributed by atoms with Crippen molar-refractivity contribution in [1.82, 2.24) is 20.1 Å². The fourth-order valence-corrected chi connectivity index (χ4v) is 3.74. The van der Waals surface area contributed by atoms with Crippen LogP contribution >= 0.6 is 11.3 Å². The van der Waals surface area contributed by atoms with Crippen molar-refractivity contribution >= 4 is 27.5 Å². The second kappa shape index (κ2) is 7.35. The van der Waals surface area contributed by atoms with E-state index in [2.05, 4.69) is 20.1 Å². The van der Waals surface area contributed by atoms with E-state index in [0.717, 1.165) is 11.1 Å². The monoisotopic (exact) mass is 396 g/mol. The normalized spacial score (nSPS) is 11.0. The zero-order valence-electron chi connectivity index (χ0n) is 15.4. The number of ether oxygens (including phenoxy) is 2. The summed E-state index contributed by atoms with van der Waals surface area (Å²) >= 11 is 1.27. The zero-order valence-corrected chi connectivity index (χ0v) is 16.2. The second-order valence-electron chi connectivity index (χ2n) is 5.90. The van der Waals surface area contributed by atoms with E-state index in [-0.39, 0.29) is 5.97 Å². The third-order valence-corrected chi connectivity index (χ3v) is 5.19. The molecular formula is C19H16N4O4S. The minimum absolute atomic E-state index is 0.313. The maximum absolute atomic E-state index is 12.2. The average Bonchev–Trinajstić information content (AvgIpc) is 3.27. The molecule has 0 unspecified atom stereocenters.